The zero-order chi connectivity index (χ0) is 39.8. The van der Waals surface area contributed by atoms with E-state index in [0.29, 0.717) is 4.57 Å². The number of imidazole rings is 1. The fourth-order valence-corrected chi connectivity index (χ4v) is 5.74. The van der Waals surface area contributed by atoms with Gasteiger partial charge in [-0.25, -0.2) is 33.0 Å². The zero-order valence-corrected chi connectivity index (χ0v) is 32.1. The molecule has 1 aliphatic rings. The van der Waals surface area contributed by atoms with E-state index in [4.69, 9.17) is 19.0 Å². The van der Waals surface area contributed by atoms with Crippen molar-refractivity contribution in [1.29, 1.82) is 0 Å². The number of hydrogen-bond acceptors (Lipinski definition) is 15. The molecule has 0 radical (unpaired) electrons. The quantitative estimate of drug-likeness (QED) is 0.0782. The Kier molecular flexibility index (Phi) is 11.7. The summed E-state index contributed by atoms with van der Waals surface area (Å²) in [6.45, 7) is 16.5. The summed E-state index contributed by atoms with van der Waals surface area (Å²) in [4.78, 5) is 87.1. The number of anilines is 1. The first-order valence-electron chi connectivity index (χ1n) is 15.6. The molecule has 3 amide bonds. The number of hydrogen-bond donors (Lipinski definition) is 3. The maximum Gasteiger partial charge on any atom is 0.422 e. The van der Waals surface area contributed by atoms with E-state index in [1.807, 2.05) is 0 Å². The van der Waals surface area contributed by atoms with Crippen molar-refractivity contribution in [3.63, 3.8) is 0 Å². The number of aromatic nitrogens is 3. The van der Waals surface area contributed by atoms with Crippen LogP contribution in [0.15, 0.2) is 27.7 Å². The summed E-state index contributed by atoms with van der Waals surface area (Å²) in [6, 6.07) is -3.27. The summed E-state index contributed by atoms with van der Waals surface area (Å²) in [5.74, 6) is -3.30. The molecule has 52 heavy (non-hydrogen) atoms. The second kappa shape index (κ2) is 14.7. The predicted molar refractivity (Wildman–Crippen MR) is 184 cm³/mol. The molecule has 0 unspecified atom stereocenters. The van der Waals surface area contributed by atoms with E-state index in [9.17, 15) is 41.7 Å². The van der Waals surface area contributed by atoms with Gasteiger partial charge in [-0.05, 0) is 76.2 Å². The molecule has 2 aromatic heterocycles. The number of thiazole rings is 1. The van der Waals surface area contributed by atoms with Gasteiger partial charge in [-0.1, -0.05) is 5.16 Å². The van der Waals surface area contributed by atoms with Gasteiger partial charge in [0.05, 0.1) is 12.6 Å². The smallest absolute Gasteiger partial charge is 0.422 e. The van der Waals surface area contributed by atoms with Gasteiger partial charge in [0.1, 0.15) is 28.5 Å². The summed E-state index contributed by atoms with van der Waals surface area (Å²) in [6.07, 6.45) is 0.283. The van der Waals surface area contributed by atoms with Gasteiger partial charge >= 0.3 is 34.1 Å². The third-order valence-electron chi connectivity index (χ3n) is 6.35. The van der Waals surface area contributed by atoms with E-state index in [1.165, 1.54) is 19.2 Å². The Morgan fingerprint density at radius 1 is 0.923 bits per heavy atom. The molecule has 0 bridgehead atoms. The lowest BCUT2D eigenvalue weighted by atomic mass is 9.98. The number of nitrogens with zero attached hydrogens (tertiary/aromatic N) is 5. The molecule has 0 spiro atoms. The van der Waals surface area contributed by atoms with Crippen molar-refractivity contribution in [1.82, 2.24) is 23.7 Å². The van der Waals surface area contributed by atoms with Crippen LogP contribution in [-0.2, 0) is 50.3 Å². The van der Waals surface area contributed by atoms with Crippen LogP contribution >= 0.6 is 11.3 Å². The van der Waals surface area contributed by atoms with Crippen LogP contribution in [0.4, 0.5) is 14.7 Å². The summed E-state index contributed by atoms with van der Waals surface area (Å²) < 4.78 is 51.4. The highest BCUT2D eigenvalue weighted by Crippen LogP contribution is 2.26. The molecule has 288 valence electrons. The monoisotopic (exact) mass is 773 g/mol. The maximum atomic E-state index is 13.8. The van der Waals surface area contributed by atoms with Gasteiger partial charge in [0.15, 0.2) is 10.8 Å². The Bertz CT molecular complexity index is 1920. The number of rotatable bonds is 10. The van der Waals surface area contributed by atoms with E-state index in [2.05, 4.69) is 20.8 Å². The fourth-order valence-electron chi connectivity index (χ4n) is 4.19. The Balaban J connectivity index is 1.97. The van der Waals surface area contributed by atoms with Crippen LogP contribution in [0.3, 0.4) is 0 Å². The van der Waals surface area contributed by atoms with Gasteiger partial charge < -0.3 is 24.4 Å². The fraction of sp³-hybridized carbons (Fsp3) is 0.600. The molecular formula is C30H43N7O13S2. The molecule has 22 heteroatoms. The van der Waals surface area contributed by atoms with Crippen LogP contribution in [0.2, 0.25) is 0 Å². The summed E-state index contributed by atoms with van der Waals surface area (Å²) in [5, 5.41) is 9.81. The van der Waals surface area contributed by atoms with Crippen molar-refractivity contribution in [3.05, 3.63) is 34.0 Å². The molecule has 0 aromatic carbocycles. The zero-order valence-electron chi connectivity index (χ0n) is 30.5. The number of ether oxygens (including phenoxy) is 3. The van der Waals surface area contributed by atoms with Gasteiger partial charge in [0.2, 0.25) is 5.60 Å². The van der Waals surface area contributed by atoms with Crippen molar-refractivity contribution in [2.24, 2.45) is 5.16 Å². The average Bonchev–Trinajstić information content (AvgIpc) is 3.54. The lowest BCUT2D eigenvalue weighted by Gasteiger charge is -2.44. The maximum absolute atomic E-state index is 13.8. The van der Waals surface area contributed by atoms with Crippen LogP contribution in [0.1, 0.15) is 81.9 Å². The topological polar surface area (TPSA) is 256 Å². The Morgan fingerprint density at radius 3 is 2.04 bits per heavy atom. The average molecular weight is 774 g/mol. The number of esters is 1. The van der Waals surface area contributed by atoms with Crippen LogP contribution in [0.25, 0.3) is 0 Å². The number of carbonyl (C=O) groups is 5. The van der Waals surface area contributed by atoms with Crippen LogP contribution in [0.5, 0.6) is 0 Å². The van der Waals surface area contributed by atoms with E-state index >= 15 is 0 Å². The Labute approximate surface area is 303 Å². The number of carbonyl (C=O) groups excluding carboxylic acids is 5. The molecule has 1 aliphatic heterocycles. The summed E-state index contributed by atoms with van der Waals surface area (Å²) >= 11 is 0.855. The van der Waals surface area contributed by atoms with Crippen LogP contribution in [-0.4, -0.2) is 102 Å². The second-order valence-corrected chi connectivity index (χ2v) is 17.1. The number of β-lactam (4-membered cyclic amide) rings is 1. The van der Waals surface area contributed by atoms with Gasteiger partial charge in [-0.2, -0.15) is 8.42 Å². The van der Waals surface area contributed by atoms with Crippen molar-refractivity contribution in [2.75, 3.05) is 5.32 Å². The number of nitrogens with one attached hydrogen (secondary N) is 2. The molecule has 0 aliphatic carbocycles. The second-order valence-electron chi connectivity index (χ2n) is 14.9. The van der Waals surface area contributed by atoms with Gasteiger partial charge in [-0.3, -0.25) is 24.0 Å². The van der Waals surface area contributed by atoms with Gasteiger partial charge in [0.25, 0.3) is 11.8 Å². The first-order chi connectivity index (χ1) is 23.5. The van der Waals surface area contributed by atoms with Crippen molar-refractivity contribution >= 4 is 62.5 Å². The highest BCUT2D eigenvalue weighted by Gasteiger charge is 2.54. The first kappa shape index (κ1) is 41.6. The number of oxime groups is 1. The molecule has 2 atom stereocenters. The van der Waals surface area contributed by atoms with Crippen LogP contribution in [0, 0.1) is 0 Å². The highest BCUT2D eigenvalue weighted by atomic mass is 32.2. The number of amides is 3. The van der Waals surface area contributed by atoms with Crippen molar-refractivity contribution in [2.45, 2.75) is 117 Å². The summed E-state index contributed by atoms with van der Waals surface area (Å²) in [5.41, 5.74) is -6.29. The predicted octanol–water partition coefficient (Wildman–Crippen LogP) is 2.28. The highest BCUT2D eigenvalue weighted by molar-refractivity contribution is 7.84. The van der Waals surface area contributed by atoms with E-state index < -0.39 is 92.7 Å². The molecule has 3 heterocycles. The molecule has 20 nitrogen and oxygen atoms in total. The van der Waals surface area contributed by atoms with Crippen molar-refractivity contribution in [3.8, 4) is 0 Å². The lowest BCUT2D eigenvalue weighted by molar-refractivity contribution is -0.179. The minimum Gasteiger partial charge on any atom is -0.457 e. The lowest BCUT2D eigenvalue weighted by Crippen LogP contribution is -2.73. The first-order valence-corrected chi connectivity index (χ1v) is 17.8. The van der Waals surface area contributed by atoms with Crippen molar-refractivity contribution < 1.29 is 56.0 Å². The molecule has 1 saturated heterocycles. The molecule has 0 saturated carbocycles. The van der Waals surface area contributed by atoms with Crippen LogP contribution < -0.4 is 16.3 Å². The van der Waals surface area contributed by atoms with Gasteiger partial charge in [0, 0.05) is 17.8 Å². The normalized spacial score (nSPS) is 17.2. The third-order valence-corrected chi connectivity index (χ3v) is 8.06. The Morgan fingerprint density at radius 2 is 1.50 bits per heavy atom. The summed E-state index contributed by atoms with van der Waals surface area (Å²) in [7, 11) is -5.20. The Hall–Kier alpha value is -4.83. The minimum atomic E-state index is -5.20. The molecule has 1 fully saturated rings. The molecule has 2 aromatic rings. The minimum absolute atomic E-state index is 0.0415. The third kappa shape index (κ3) is 10.8. The largest absolute Gasteiger partial charge is 0.457 e. The molecule has 3 N–H and O–H groups in total. The van der Waals surface area contributed by atoms with Gasteiger partial charge in [-0.15, -0.1) is 11.3 Å². The SMILES string of the molecule is CC(C)(C)OC(=O)Nc1nc(C(=NOC(C)(C)C(=O)OC(C)(C)C)C(=O)N[C@@H]2C(=O)N(S(=O)(=O)O)[C@@H]2Cn2ccn(C(=O)OC(C)(C)C)c2=O)cs1. The standard InChI is InChI=1S/C30H43N7O13S2/c1-27(2,3)47-22(40)30(10,11)50-34-18(16-15-51-23(31-16)33-24(41)48-28(4,5)6)20(38)32-19-17(37(21(19)39)52(44,45)46)14-35-12-13-36(25(35)42)26(43)49-29(7,8)9/h12-13,15,17,19H,14H2,1-11H3,(H,32,38)(H,31,33,41)(H,44,45,46)/t17-,19+/m1/s1. The molecular weight excluding hydrogens is 730 g/mol. The van der Waals surface area contributed by atoms with E-state index in [-0.39, 0.29) is 15.1 Å². The van der Waals surface area contributed by atoms with E-state index in [0.717, 1.165) is 28.3 Å². The molecule has 3 rings (SSSR count). The van der Waals surface area contributed by atoms with E-state index in [1.54, 1.807) is 62.3 Å².